The van der Waals surface area contributed by atoms with Crippen molar-refractivity contribution in [3.05, 3.63) is 29.8 Å². The van der Waals surface area contributed by atoms with Gasteiger partial charge in [-0.15, -0.1) is 0 Å². The topological polar surface area (TPSA) is 72.2 Å². The van der Waals surface area contributed by atoms with Crippen molar-refractivity contribution in [2.45, 2.75) is 42.7 Å². The molecule has 0 radical (unpaired) electrons. The van der Waals surface area contributed by atoms with Crippen LogP contribution in [0.15, 0.2) is 23.1 Å². The van der Waals surface area contributed by atoms with Gasteiger partial charge in [0.1, 0.15) is 11.6 Å². The van der Waals surface area contributed by atoms with E-state index in [2.05, 4.69) is 4.72 Å². The first-order valence-electron chi connectivity index (χ1n) is 6.12. The van der Waals surface area contributed by atoms with Gasteiger partial charge in [0.2, 0.25) is 10.0 Å². The smallest absolute Gasteiger partial charge is 0.241 e. The highest BCUT2D eigenvalue weighted by Crippen LogP contribution is 2.20. The minimum Gasteiger partial charge on any atom is -0.326 e. The second kappa shape index (κ2) is 5.52. The Bertz CT molecular complexity index is 543. The fourth-order valence-electron chi connectivity index (χ4n) is 2.26. The molecule has 0 amide bonds. The van der Waals surface area contributed by atoms with Crippen LogP contribution in [0.3, 0.4) is 0 Å². The van der Waals surface area contributed by atoms with Gasteiger partial charge < -0.3 is 5.73 Å². The summed E-state index contributed by atoms with van der Waals surface area (Å²) in [6, 6.07) is 1.57. The van der Waals surface area contributed by atoms with Crippen molar-refractivity contribution in [1.29, 1.82) is 0 Å². The molecule has 0 spiro atoms. The van der Waals surface area contributed by atoms with Crippen molar-refractivity contribution in [2.24, 2.45) is 5.73 Å². The fraction of sp³-hybridized carbons (Fsp3) is 0.500. The monoisotopic (exact) mass is 290 g/mol. The van der Waals surface area contributed by atoms with E-state index in [-0.39, 0.29) is 12.1 Å². The quantitative estimate of drug-likeness (QED) is 0.886. The Labute approximate surface area is 111 Å². The number of nitrogens with one attached hydrogen (secondary N) is 1. The van der Waals surface area contributed by atoms with Gasteiger partial charge in [-0.05, 0) is 25.0 Å². The number of rotatable bonds is 3. The third-order valence-corrected chi connectivity index (χ3v) is 4.74. The van der Waals surface area contributed by atoms with Crippen LogP contribution in [0.2, 0.25) is 0 Å². The van der Waals surface area contributed by atoms with Crippen molar-refractivity contribution >= 4 is 10.0 Å². The van der Waals surface area contributed by atoms with Gasteiger partial charge in [-0.3, -0.25) is 0 Å². The Morgan fingerprint density at radius 3 is 2.26 bits per heavy atom. The molecule has 3 N–H and O–H groups in total. The average Bonchev–Trinajstić information content (AvgIpc) is 2.31. The molecule has 0 aromatic heterocycles. The predicted octanol–water partition coefficient (Wildman–Crippen LogP) is 1.51. The number of hydrogen-bond donors (Lipinski definition) is 2. The molecule has 7 heteroatoms. The van der Waals surface area contributed by atoms with Gasteiger partial charge in [0, 0.05) is 18.2 Å². The Morgan fingerprint density at radius 2 is 1.68 bits per heavy atom. The molecule has 1 saturated carbocycles. The van der Waals surface area contributed by atoms with Crippen LogP contribution >= 0.6 is 0 Å². The summed E-state index contributed by atoms with van der Waals surface area (Å²) < 4.78 is 52.6. The standard InChI is InChI=1S/C12H16F2N2O2S/c13-8-5-9(14)7-10(6-8)19(17,18)16-12-4-2-1-3-11(12)15/h5-7,11-12,16H,1-4,15H2. The second-order valence-electron chi connectivity index (χ2n) is 4.78. The molecule has 19 heavy (non-hydrogen) atoms. The first kappa shape index (κ1) is 14.4. The summed E-state index contributed by atoms with van der Waals surface area (Å²) in [4.78, 5) is -0.414. The number of benzene rings is 1. The molecule has 0 heterocycles. The zero-order chi connectivity index (χ0) is 14.0. The summed E-state index contributed by atoms with van der Waals surface area (Å²) in [6.45, 7) is 0. The van der Waals surface area contributed by atoms with Crippen LogP contribution in [-0.4, -0.2) is 20.5 Å². The SMILES string of the molecule is NC1CCCCC1NS(=O)(=O)c1cc(F)cc(F)c1. The Morgan fingerprint density at radius 1 is 1.11 bits per heavy atom. The maximum atomic E-state index is 13.1. The molecular formula is C12H16F2N2O2S. The second-order valence-corrected chi connectivity index (χ2v) is 6.50. The first-order valence-corrected chi connectivity index (χ1v) is 7.61. The third kappa shape index (κ3) is 3.49. The average molecular weight is 290 g/mol. The Kier molecular flexibility index (Phi) is 4.17. The molecule has 4 nitrogen and oxygen atoms in total. The van der Waals surface area contributed by atoms with E-state index in [9.17, 15) is 17.2 Å². The Balaban J connectivity index is 2.22. The van der Waals surface area contributed by atoms with Crippen LogP contribution in [0.4, 0.5) is 8.78 Å². The molecule has 1 aromatic rings. The molecule has 1 aliphatic rings. The zero-order valence-electron chi connectivity index (χ0n) is 10.3. The third-order valence-electron chi connectivity index (χ3n) is 3.27. The van der Waals surface area contributed by atoms with Gasteiger partial charge in [-0.25, -0.2) is 21.9 Å². The summed E-state index contributed by atoms with van der Waals surface area (Å²) >= 11 is 0. The van der Waals surface area contributed by atoms with E-state index in [0.29, 0.717) is 12.5 Å². The van der Waals surface area contributed by atoms with Gasteiger partial charge >= 0.3 is 0 Å². The molecule has 0 saturated heterocycles. The number of nitrogens with two attached hydrogens (primary N) is 1. The highest BCUT2D eigenvalue weighted by molar-refractivity contribution is 7.89. The minimum atomic E-state index is -3.95. The summed E-state index contributed by atoms with van der Waals surface area (Å²) in [6.07, 6.45) is 3.23. The lowest BCUT2D eigenvalue weighted by atomic mass is 9.92. The zero-order valence-corrected chi connectivity index (χ0v) is 11.1. The molecule has 0 bridgehead atoms. The summed E-state index contributed by atoms with van der Waals surface area (Å²) in [5.74, 6) is -1.85. The number of hydrogen-bond acceptors (Lipinski definition) is 3. The van der Waals surface area contributed by atoms with Crippen LogP contribution in [0.1, 0.15) is 25.7 Å². The van der Waals surface area contributed by atoms with E-state index in [4.69, 9.17) is 5.73 Å². The van der Waals surface area contributed by atoms with Gasteiger partial charge in [0.25, 0.3) is 0 Å². The summed E-state index contributed by atoms with van der Waals surface area (Å²) in [5.41, 5.74) is 5.85. The molecule has 2 atom stereocenters. The Hall–Kier alpha value is -1.05. The van der Waals surface area contributed by atoms with E-state index < -0.39 is 26.6 Å². The van der Waals surface area contributed by atoms with Crippen molar-refractivity contribution in [3.63, 3.8) is 0 Å². The molecule has 2 rings (SSSR count). The van der Waals surface area contributed by atoms with Crippen molar-refractivity contribution in [1.82, 2.24) is 4.72 Å². The maximum Gasteiger partial charge on any atom is 0.241 e. The molecule has 1 aromatic carbocycles. The molecule has 106 valence electrons. The molecule has 0 aliphatic heterocycles. The van der Waals surface area contributed by atoms with E-state index in [1.807, 2.05) is 0 Å². The lowest BCUT2D eigenvalue weighted by Gasteiger charge is -2.29. The van der Waals surface area contributed by atoms with Gasteiger partial charge in [0.15, 0.2) is 0 Å². The largest absolute Gasteiger partial charge is 0.326 e. The minimum absolute atomic E-state index is 0.262. The molecular weight excluding hydrogens is 274 g/mol. The maximum absolute atomic E-state index is 13.1. The number of sulfonamides is 1. The number of halogens is 2. The fourth-order valence-corrected chi connectivity index (χ4v) is 3.62. The van der Waals surface area contributed by atoms with Crippen LogP contribution in [0.25, 0.3) is 0 Å². The highest BCUT2D eigenvalue weighted by Gasteiger charge is 2.27. The summed E-state index contributed by atoms with van der Waals surface area (Å²) in [5, 5.41) is 0. The lowest BCUT2D eigenvalue weighted by Crippen LogP contribution is -2.49. The van der Waals surface area contributed by atoms with E-state index in [1.165, 1.54) is 0 Å². The molecule has 2 unspecified atom stereocenters. The van der Waals surface area contributed by atoms with E-state index in [1.54, 1.807) is 0 Å². The van der Waals surface area contributed by atoms with Gasteiger partial charge in [-0.2, -0.15) is 0 Å². The molecule has 1 aliphatic carbocycles. The highest BCUT2D eigenvalue weighted by atomic mass is 32.2. The van der Waals surface area contributed by atoms with Gasteiger partial charge in [0.05, 0.1) is 4.90 Å². The summed E-state index contributed by atoms with van der Waals surface area (Å²) in [7, 11) is -3.95. The van der Waals surface area contributed by atoms with Crippen LogP contribution in [0, 0.1) is 11.6 Å². The lowest BCUT2D eigenvalue weighted by molar-refractivity contribution is 0.361. The van der Waals surface area contributed by atoms with Crippen molar-refractivity contribution in [2.75, 3.05) is 0 Å². The van der Waals surface area contributed by atoms with Crippen molar-refractivity contribution < 1.29 is 17.2 Å². The molecule has 1 fully saturated rings. The normalized spacial score (nSPS) is 24.4. The van der Waals surface area contributed by atoms with E-state index in [0.717, 1.165) is 31.4 Å². The van der Waals surface area contributed by atoms with Crippen molar-refractivity contribution in [3.8, 4) is 0 Å². The van der Waals surface area contributed by atoms with E-state index >= 15 is 0 Å². The van der Waals surface area contributed by atoms with Gasteiger partial charge in [-0.1, -0.05) is 12.8 Å². The van der Waals surface area contributed by atoms with Crippen LogP contribution in [0.5, 0.6) is 0 Å². The predicted molar refractivity (Wildman–Crippen MR) is 66.9 cm³/mol. The van der Waals surface area contributed by atoms with Crippen LogP contribution in [-0.2, 0) is 10.0 Å². The van der Waals surface area contributed by atoms with Crippen LogP contribution < -0.4 is 10.5 Å². The first-order chi connectivity index (χ1) is 8.88.